The molecule has 0 bridgehead atoms. The molecular weight excluding hydrogens is 344 g/mol. The van der Waals surface area contributed by atoms with Crippen molar-refractivity contribution in [1.29, 1.82) is 0 Å². The van der Waals surface area contributed by atoms with Gasteiger partial charge in [-0.1, -0.05) is 35.4 Å². The molecule has 0 radical (unpaired) electrons. The number of benzene rings is 2. The van der Waals surface area contributed by atoms with E-state index >= 15 is 0 Å². The van der Waals surface area contributed by atoms with Crippen LogP contribution in [0.5, 0.6) is 5.75 Å². The number of hydrogen-bond acceptors (Lipinski definition) is 6. The predicted octanol–water partition coefficient (Wildman–Crippen LogP) is 1.71. The summed E-state index contributed by atoms with van der Waals surface area (Å²) >= 11 is 0. The lowest BCUT2D eigenvalue weighted by atomic mass is 10.1. The summed E-state index contributed by atoms with van der Waals surface area (Å²) in [6, 6.07) is 15.6. The van der Waals surface area contributed by atoms with Gasteiger partial charge in [0.15, 0.2) is 0 Å². The van der Waals surface area contributed by atoms with E-state index in [0.29, 0.717) is 19.0 Å². The molecule has 0 fully saturated rings. The van der Waals surface area contributed by atoms with Crippen LogP contribution in [0.2, 0.25) is 0 Å². The van der Waals surface area contributed by atoms with Gasteiger partial charge in [0.2, 0.25) is 11.9 Å². The second-order valence-corrected chi connectivity index (χ2v) is 6.42. The van der Waals surface area contributed by atoms with Gasteiger partial charge >= 0.3 is 0 Å². The fourth-order valence-corrected chi connectivity index (χ4v) is 3.21. The Morgan fingerprint density at radius 2 is 1.85 bits per heavy atom. The number of carbonyl (C=O) groups is 1. The van der Waals surface area contributed by atoms with Gasteiger partial charge in [-0.2, -0.15) is 0 Å². The van der Waals surface area contributed by atoms with Crippen molar-refractivity contribution in [1.82, 2.24) is 20.2 Å². The third-order valence-electron chi connectivity index (χ3n) is 4.70. The van der Waals surface area contributed by atoms with Crippen LogP contribution in [-0.4, -0.2) is 46.8 Å². The first-order valence-electron chi connectivity index (χ1n) is 8.64. The highest BCUT2D eigenvalue weighted by Gasteiger charge is 2.26. The van der Waals surface area contributed by atoms with Crippen molar-refractivity contribution < 1.29 is 9.53 Å². The van der Waals surface area contributed by atoms with E-state index in [4.69, 9.17) is 4.74 Å². The Morgan fingerprint density at radius 1 is 1.07 bits per heavy atom. The number of hydrogen-bond donors (Lipinski definition) is 0. The van der Waals surface area contributed by atoms with Crippen molar-refractivity contribution in [3.63, 3.8) is 0 Å². The maximum absolute atomic E-state index is 12.6. The number of methoxy groups -OCH3 is 1. The number of fused-ring (bicyclic) bond motifs is 1. The Balaban J connectivity index is 1.62. The molecule has 3 aromatic rings. The average Bonchev–Trinajstić information content (AvgIpc) is 3.11. The van der Waals surface area contributed by atoms with E-state index in [0.717, 1.165) is 22.6 Å². The molecule has 0 spiro atoms. The van der Waals surface area contributed by atoms with Crippen molar-refractivity contribution in [3.05, 3.63) is 59.7 Å². The Bertz CT molecular complexity index is 953. The first kappa shape index (κ1) is 17.0. The number of aromatic nitrogens is 4. The van der Waals surface area contributed by atoms with Gasteiger partial charge in [0.05, 0.1) is 13.7 Å². The van der Waals surface area contributed by atoms with Gasteiger partial charge in [0, 0.05) is 19.3 Å². The van der Waals surface area contributed by atoms with E-state index in [1.54, 1.807) is 23.7 Å². The minimum atomic E-state index is -0.000975. The molecule has 8 heteroatoms. The minimum Gasteiger partial charge on any atom is -0.497 e. The Hall–Kier alpha value is -3.42. The van der Waals surface area contributed by atoms with Crippen LogP contribution in [0.1, 0.15) is 11.1 Å². The van der Waals surface area contributed by atoms with Gasteiger partial charge in [-0.25, -0.2) is 4.68 Å². The minimum absolute atomic E-state index is 0.000975. The zero-order valence-electron chi connectivity index (χ0n) is 15.2. The fourth-order valence-electron chi connectivity index (χ4n) is 3.21. The molecule has 1 amide bonds. The van der Waals surface area contributed by atoms with E-state index in [1.807, 2.05) is 53.4 Å². The molecule has 0 N–H and O–H groups in total. The molecule has 138 valence electrons. The molecule has 8 nitrogen and oxygen atoms in total. The van der Waals surface area contributed by atoms with Gasteiger partial charge in [-0.05, 0) is 39.8 Å². The summed E-state index contributed by atoms with van der Waals surface area (Å²) in [5.41, 5.74) is 3.02. The molecule has 0 saturated heterocycles. The van der Waals surface area contributed by atoms with Crippen LogP contribution in [0.4, 0.5) is 11.6 Å². The number of ether oxygens (including phenoxy) is 1. The summed E-state index contributed by atoms with van der Waals surface area (Å²) < 4.78 is 6.91. The quantitative estimate of drug-likeness (QED) is 0.702. The van der Waals surface area contributed by atoms with Crippen molar-refractivity contribution in [2.75, 3.05) is 30.5 Å². The lowest BCUT2D eigenvalue weighted by molar-refractivity contribution is -0.117. The van der Waals surface area contributed by atoms with Crippen molar-refractivity contribution >= 4 is 17.5 Å². The Kier molecular flexibility index (Phi) is 4.45. The van der Waals surface area contributed by atoms with E-state index in [-0.39, 0.29) is 12.5 Å². The van der Waals surface area contributed by atoms with Crippen LogP contribution < -0.4 is 14.5 Å². The number of tetrazole rings is 1. The normalized spacial score (nSPS) is 14.1. The molecule has 4 rings (SSSR count). The highest BCUT2D eigenvalue weighted by molar-refractivity contribution is 5.97. The number of rotatable bonds is 4. The van der Waals surface area contributed by atoms with Crippen LogP contribution in [0.15, 0.2) is 48.5 Å². The number of carbonyl (C=O) groups excluding carboxylic acids is 1. The average molecular weight is 364 g/mol. The topological polar surface area (TPSA) is 76.4 Å². The van der Waals surface area contributed by atoms with Gasteiger partial charge in [0.25, 0.3) is 0 Å². The monoisotopic (exact) mass is 364 g/mol. The van der Waals surface area contributed by atoms with Crippen molar-refractivity contribution in [2.45, 2.75) is 13.1 Å². The SMILES string of the molecule is COc1ccc(Cn2nnnc2N2CC(=O)N(C)c3ccccc3C2)cc1. The largest absolute Gasteiger partial charge is 0.497 e. The number of para-hydroxylation sites is 1. The standard InChI is InChI=1S/C19H20N6O2/c1-23-17-6-4-3-5-15(17)12-24(13-18(23)26)19-20-21-22-25(19)11-14-7-9-16(27-2)10-8-14/h3-10H,11-13H2,1-2H3. The van der Waals surface area contributed by atoms with Gasteiger partial charge in [-0.3, -0.25) is 4.79 Å². The van der Waals surface area contributed by atoms with Crippen LogP contribution >= 0.6 is 0 Å². The zero-order valence-corrected chi connectivity index (χ0v) is 15.2. The van der Waals surface area contributed by atoms with Crippen LogP contribution in [0.3, 0.4) is 0 Å². The first-order valence-corrected chi connectivity index (χ1v) is 8.64. The molecule has 0 unspecified atom stereocenters. The third-order valence-corrected chi connectivity index (χ3v) is 4.70. The maximum Gasteiger partial charge on any atom is 0.246 e. The van der Waals surface area contributed by atoms with E-state index in [1.165, 1.54) is 0 Å². The predicted molar refractivity (Wildman–Crippen MR) is 101 cm³/mol. The summed E-state index contributed by atoms with van der Waals surface area (Å²) in [6.07, 6.45) is 0. The molecule has 0 aliphatic carbocycles. The number of anilines is 2. The molecular formula is C19H20N6O2. The summed E-state index contributed by atoms with van der Waals surface area (Å²) in [5, 5.41) is 12.1. The van der Waals surface area contributed by atoms with Crippen molar-refractivity contribution in [2.24, 2.45) is 0 Å². The zero-order chi connectivity index (χ0) is 18.8. The first-order chi connectivity index (χ1) is 13.2. The van der Waals surface area contributed by atoms with Gasteiger partial charge in [-0.15, -0.1) is 0 Å². The lowest BCUT2D eigenvalue weighted by Gasteiger charge is -2.20. The number of amides is 1. The second kappa shape index (κ2) is 7.06. The number of nitrogens with zero attached hydrogens (tertiary/aromatic N) is 6. The molecule has 1 aliphatic heterocycles. The molecule has 0 atom stereocenters. The molecule has 27 heavy (non-hydrogen) atoms. The molecule has 1 aliphatic rings. The van der Waals surface area contributed by atoms with E-state index < -0.39 is 0 Å². The molecule has 2 heterocycles. The van der Waals surface area contributed by atoms with Crippen molar-refractivity contribution in [3.8, 4) is 5.75 Å². The van der Waals surface area contributed by atoms with Crippen LogP contribution in [0, 0.1) is 0 Å². The maximum atomic E-state index is 12.6. The number of likely N-dealkylation sites (N-methyl/N-ethyl adjacent to an activating group) is 1. The highest BCUT2D eigenvalue weighted by Crippen LogP contribution is 2.26. The lowest BCUT2D eigenvalue weighted by Crippen LogP contribution is -2.36. The van der Waals surface area contributed by atoms with E-state index in [9.17, 15) is 4.79 Å². The smallest absolute Gasteiger partial charge is 0.246 e. The molecule has 0 saturated carbocycles. The van der Waals surface area contributed by atoms with Crippen LogP contribution in [-0.2, 0) is 17.9 Å². The third kappa shape index (κ3) is 3.33. The summed E-state index contributed by atoms with van der Waals surface area (Å²) in [4.78, 5) is 16.2. The Labute approximate surface area is 157 Å². The molecule has 1 aromatic heterocycles. The Morgan fingerprint density at radius 3 is 2.63 bits per heavy atom. The molecule has 2 aromatic carbocycles. The fraction of sp³-hybridized carbons (Fsp3) is 0.263. The summed E-state index contributed by atoms with van der Waals surface area (Å²) in [6.45, 7) is 1.29. The van der Waals surface area contributed by atoms with Crippen LogP contribution in [0.25, 0.3) is 0 Å². The van der Waals surface area contributed by atoms with Gasteiger partial charge in [0.1, 0.15) is 12.3 Å². The second-order valence-electron chi connectivity index (χ2n) is 6.42. The highest BCUT2D eigenvalue weighted by atomic mass is 16.5. The van der Waals surface area contributed by atoms with Gasteiger partial charge < -0.3 is 14.5 Å². The van der Waals surface area contributed by atoms with E-state index in [2.05, 4.69) is 15.5 Å². The summed E-state index contributed by atoms with van der Waals surface area (Å²) in [7, 11) is 3.44. The summed E-state index contributed by atoms with van der Waals surface area (Å²) in [5.74, 6) is 1.37.